The van der Waals surface area contributed by atoms with Gasteiger partial charge in [0.15, 0.2) is 16.3 Å². The van der Waals surface area contributed by atoms with Gasteiger partial charge in [-0.25, -0.2) is 9.79 Å². The summed E-state index contributed by atoms with van der Waals surface area (Å²) < 4.78 is 25.3. The van der Waals surface area contributed by atoms with Gasteiger partial charge in [-0.05, 0) is 55.8 Å². The molecule has 4 aromatic rings. The topological polar surface area (TPSA) is 92.3 Å². The van der Waals surface area contributed by atoms with Crippen LogP contribution in [0.5, 0.6) is 11.5 Å². The molecule has 0 aliphatic carbocycles. The lowest BCUT2D eigenvalue weighted by atomic mass is 9.95. The van der Waals surface area contributed by atoms with Gasteiger partial charge in [-0.15, -0.1) is 0 Å². The maximum absolute atomic E-state index is 13.8. The number of carbonyl (C=O) groups excluding carboxylic acids is 1. The maximum Gasteiger partial charge on any atom is 0.338 e. The summed E-state index contributed by atoms with van der Waals surface area (Å²) in [5.41, 5.74) is 2.12. The summed E-state index contributed by atoms with van der Waals surface area (Å²) in [5.74, 6) is 1.86. The van der Waals surface area contributed by atoms with E-state index in [4.69, 9.17) is 18.6 Å². The first-order valence-electron chi connectivity index (χ1n) is 11.9. The molecule has 10 heteroatoms. The molecule has 2 aliphatic heterocycles. The summed E-state index contributed by atoms with van der Waals surface area (Å²) in [6.45, 7) is 3.81. The first-order valence-corrected chi connectivity index (χ1v) is 13.5. The molecule has 38 heavy (non-hydrogen) atoms. The van der Waals surface area contributed by atoms with E-state index >= 15 is 0 Å². The van der Waals surface area contributed by atoms with Crippen molar-refractivity contribution < 1.29 is 23.4 Å². The molecule has 0 radical (unpaired) electrons. The highest BCUT2D eigenvalue weighted by molar-refractivity contribution is 9.10. The van der Waals surface area contributed by atoms with Crippen LogP contribution in [0.1, 0.15) is 31.2 Å². The number of hydrogen-bond acceptors (Lipinski definition) is 8. The minimum Gasteiger partial charge on any atom is -0.463 e. The van der Waals surface area contributed by atoms with Gasteiger partial charge in [0.05, 0.1) is 28.5 Å². The number of furan rings is 1. The Labute approximate surface area is 229 Å². The SMILES string of the molecule is CCOC(=O)C1=C(C)N=c2sc(=Cc3ccc(-c4cccc(Br)c4)o3)c(=O)n2C1c1ccc2c(c1)OCO2. The number of halogens is 1. The van der Waals surface area contributed by atoms with E-state index in [1.54, 1.807) is 32.1 Å². The van der Waals surface area contributed by atoms with Crippen molar-refractivity contribution >= 4 is 39.3 Å². The number of allylic oxidation sites excluding steroid dienone is 1. The second kappa shape index (κ2) is 9.77. The molecule has 8 nitrogen and oxygen atoms in total. The number of hydrogen-bond donors (Lipinski definition) is 0. The molecule has 4 heterocycles. The van der Waals surface area contributed by atoms with Crippen molar-refractivity contribution in [3.63, 3.8) is 0 Å². The number of fused-ring (bicyclic) bond motifs is 2. The second-order valence-electron chi connectivity index (χ2n) is 8.63. The van der Waals surface area contributed by atoms with E-state index in [9.17, 15) is 9.59 Å². The standard InChI is InChI=1S/C28H21BrN2O6S/c1-3-34-27(33)24-15(2)30-28-31(25(24)17-7-9-21-22(12-17)36-14-35-21)26(32)23(38-28)13-19-8-10-20(37-19)16-5-4-6-18(29)11-16/h4-13,25H,3,14H2,1-2H3. The fourth-order valence-corrected chi connectivity index (χ4v) is 5.97. The van der Waals surface area contributed by atoms with Crippen LogP contribution in [0.25, 0.3) is 17.4 Å². The van der Waals surface area contributed by atoms with Crippen LogP contribution < -0.4 is 24.4 Å². The second-order valence-corrected chi connectivity index (χ2v) is 10.6. The fourth-order valence-electron chi connectivity index (χ4n) is 4.55. The van der Waals surface area contributed by atoms with Crippen LogP contribution in [0.3, 0.4) is 0 Å². The molecular weight excluding hydrogens is 572 g/mol. The Kier molecular flexibility index (Phi) is 6.29. The molecule has 0 bridgehead atoms. The zero-order valence-corrected chi connectivity index (χ0v) is 22.8. The van der Waals surface area contributed by atoms with Crippen molar-refractivity contribution in [3.8, 4) is 22.8 Å². The average molecular weight is 593 g/mol. The zero-order valence-electron chi connectivity index (χ0n) is 20.4. The number of esters is 1. The molecule has 0 spiro atoms. The molecule has 6 rings (SSSR count). The molecule has 2 aromatic carbocycles. The number of carbonyl (C=O) groups is 1. The van der Waals surface area contributed by atoms with Crippen molar-refractivity contribution in [2.75, 3.05) is 13.4 Å². The van der Waals surface area contributed by atoms with Gasteiger partial charge in [-0.2, -0.15) is 0 Å². The van der Waals surface area contributed by atoms with Crippen LogP contribution >= 0.6 is 27.3 Å². The lowest BCUT2D eigenvalue weighted by molar-refractivity contribution is -0.139. The predicted octanol–water partition coefficient (Wildman–Crippen LogP) is 4.55. The van der Waals surface area contributed by atoms with Crippen molar-refractivity contribution in [1.29, 1.82) is 0 Å². The van der Waals surface area contributed by atoms with Crippen LogP contribution in [0.15, 0.2) is 84.5 Å². The number of nitrogens with zero attached hydrogens (tertiary/aromatic N) is 2. The number of benzene rings is 2. The minimum absolute atomic E-state index is 0.117. The highest BCUT2D eigenvalue weighted by atomic mass is 79.9. The molecule has 192 valence electrons. The third-order valence-electron chi connectivity index (χ3n) is 6.24. The molecule has 0 N–H and O–H groups in total. The maximum atomic E-state index is 13.8. The van der Waals surface area contributed by atoms with Crippen molar-refractivity contribution in [2.24, 2.45) is 4.99 Å². The first kappa shape index (κ1) is 24.4. The van der Waals surface area contributed by atoms with Crippen molar-refractivity contribution in [1.82, 2.24) is 4.57 Å². The van der Waals surface area contributed by atoms with Crippen LogP contribution in [0, 0.1) is 0 Å². The third kappa shape index (κ3) is 4.29. The minimum atomic E-state index is -0.740. The predicted molar refractivity (Wildman–Crippen MR) is 145 cm³/mol. The van der Waals surface area contributed by atoms with Gasteiger partial charge in [0.25, 0.3) is 5.56 Å². The Hall–Kier alpha value is -3.89. The quantitative estimate of drug-likeness (QED) is 0.316. The van der Waals surface area contributed by atoms with Gasteiger partial charge in [0.2, 0.25) is 6.79 Å². The van der Waals surface area contributed by atoms with E-state index in [0.29, 0.717) is 49.2 Å². The summed E-state index contributed by atoms with van der Waals surface area (Å²) in [7, 11) is 0. The highest BCUT2D eigenvalue weighted by Gasteiger charge is 2.34. The average Bonchev–Trinajstić information content (AvgIpc) is 3.63. The van der Waals surface area contributed by atoms with Gasteiger partial charge >= 0.3 is 5.97 Å². The van der Waals surface area contributed by atoms with E-state index in [2.05, 4.69) is 20.9 Å². The largest absolute Gasteiger partial charge is 0.463 e. The van der Waals surface area contributed by atoms with Gasteiger partial charge < -0.3 is 18.6 Å². The van der Waals surface area contributed by atoms with E-state index in [-0.39, 0.29) is 19.0 Å². The molecule has 0 saturated carbocycles. The fraction of sp³-hybridized carbons (Fsp3) is 0.179. The number of thiazole rings is 1. The monoisotopic (exact) mass is 592 g/mol. The summed E-state index contributed by atoms with van der Waals surface area (Å²) in [6, 6.07) is 16.1. The molecule has 1 unspecified atom stereocenters. The normalized spacial score (nSPS) is 16.4. The summed E-state index contributed by atoms with van der Waals surface area (Å²) in [6.07, 6.45) is 1.70. The number of aromatic nitrogens is 1. The van der Waals surface area contributed by atoms with Gasteiger partial charge in [-0.3, -0.25) is 9.36 Å². The molecule has 0 saturated heterocycles. The van der Waals surface area contributed by atoms with E-state index in [0.717, 1.165) is 10.0 Å². The van der Waals surface area contributed by atoms with Crippen LogP contribution in [0.2, 0.25) is 0 Å². The van der Waals surface area contributed by atoms with Crippen LogP contribution in [-0.4, -0.2) is 23.9 Å². The molecular formula is C28H21BrN2O6S. The van der Waals surface area contributed by atoms with Crippen LogP contribution in [0.4, 0.5) is 0 Å². The van der Waals surface area contributed by atoms with E-state index in [1.807, 2.05) is 42.5 Å². The zero-order chi connectivity index (χ0) is 26.4. The summed E-state index contributed by atoms with van der Waals surface area (Å²) >= 11 is 4.72. The molecule has 2 aromatic heterocycles. The van der Waals surface area contributed by atoms with Crippen molar-refractivity contribution in [3.05, 3.63) is 101 Å². The molecule has 0 fully saturated rings. The lowest BCUT2D eigenvalue weighted by Crippen LogP contribution is -2.39. The molecule has 2 aliphatic rings. The summed E-state index contributed by atoms with van der Waals surface area (Å²) in [4.78, 5) is 32.0. The van der Waals surface area contributed by atoms with Gasteiger partial charge in [0.1, 0.15) is 11.5 Å². The van der Waals surface area contributed by atoms with Gasteiger partial charge in [-0.1, -0.05) is 45.5 Å². The first-order chi connectivity index (χ1) is 18.4. The Morgan fingerprint density at radius 2 is 2.03 bits per heavy atom. The Bertz CT molecular complexity index is 1800. The Morgan fingerprint density at radius 3 is 2.84 bits per heavy atom. The van der Waals surface area contributed by atoms with Gasteiger partial charge in [0, 0.05) is 16.1 Å². The van der Waals surface area contributed by atoms with Crippen LogP contribution in [-0.2, 0) is 9.53 Å². The summed E-state index contributed by atoms with van der Waals surface area (Å²) in [5, 5.41) is 0. The highest BCUT2D eigenvalue weighted by Crippen LogP contribution is 2.38. The van der Waals surface area contributed by atoms with E-state index in [1.165, 1.54) is 15.9 Å². The molecule has 0 amide bonds. The Morgan fingerprint density at radius 1 is 1.18 bits per heavy atom. The Balaban J connectivity index is 1.48. The smallest absolute Gasteiger partial charge is 0.338 e. The number of rotatable bonds is 5. The third-order valence-corrected chi connectivity index (χ3v) is 7.71. The van der Waals surface area contributed by atoms with Crippen molar-refractivity contribution in [2.45, 2.75) is 19.9 Å². The van der Waals surface area contributed by atoms with E-state index < -0.39 is 12.0 Å². The molecule has 1 atom stereocenters. The number of ether oxygens (including phenoxy) is 3. The lowest BCUT2D eigenvalue weighted by Gasteiger charge is -2.24.